The summed E-state index contributed by atoms with van der Waals surface area (Å²) >= 11 is 1.53. The standard InChI is InChI=1S/C24H24N4O4S2/c1-16-6-3-7-19(14-16)28-34(30,31)21-15-18(12-11-17(21)2)25-22(29)9-4-10-23-26-24(27-32-23)20-8-5-13-33-20/h3,5-8,11-15,28H,4,9-10H2,1-2H3,(H,25,29). The van der Waals surface area contributed by atoms with Gasteiger partial charge in [0.25, 0.3) is 10.0 Å². The molecule has 1 amide bonds. The molecule has 176 valence electrons. The van der Waals surface area contributed by atoms with Crippen molar-refractivity contribution in [2.75, 3.05) is 10.0 Å². The van der Waals surface area contributed by atoms with Gasteiger partial charge in [0.05, 0.1) is 9.77 Å². The first-order valence-corrected chi connectivity index (χ1v) is 13.0. The summed E-state index contributed by atoms with van der Waals surface area (Å²) in [5, 5.41) is 8.67. The van der Waals surface area contributed by atoms with Crippen LogP contribution in [-0.4, -0.2) is 24.5 Å². The minimum Gasteiger partial charge on any atom is -0.339 e. The molecule has 10 heteroatoms. The first-order valence-electron chi connectivity index (χ1n) is 10.7. The number of thiophene rings is 1. The van der Waals surface area contributed by atoms with Crippen LogP contribution in [0.3, 0.4) is 0 Å². The number of nitrogens with zero attached hydrogens (tertiary/aromatic N) is 2. The third-order valence-electron chi connectivity index (χ3n) is 5.04. The molecule has 8 nitrogen and oxygen atoms in total. The third-order valence-corrected chi connectivity index (χ3v) is 7.42. The van der Waals surface area contributed by atoms with Gasteiger partial charge >= 0.3 is 0 Å². The molecule has 0 atom stereocenters. The number of sulfonamides is 1. The molecule has 0 fully saturated rings. The highest BCUT2D eigenvalue weighted by atomic mass is 32.2. The maximum atomic E-state index is 12.9. The lowest BCUT2D eigenvalue weighted by molar-refractivity contribution is -0.116. The van der Waals surface area contributed by atoms with Crippen molar-refractivity contribution in [2.45, 2.75) is 38.0 Å². The molecule has 0 bridgehead atoms. The van der Waals surface area contributed by atoms with E-state index in [0.29, 0.717) is 41.5 Å². The Bertz CT molecular complexity index is 1400. The molecule has 2 aromatic heterocycles. The smallest absolute Gasteiger partial charge is 0.262 e. The number of carbonyl (C=O) groups excluding carboxylic acids is 1. The second-order valence-electron chi connectivity index (χ2n) is 7.85. The quantitative estimate of drug-likeness (QED) is 0.330. The first-order chi connectivity index (χ1) is 16.3. The highest BCUT2D eigenvalue weighted by molar-refractivity contribution is 7.92. The Hall–Kier alpha value is -3.50. The summed E-state index contributed by atoms with van der Waals surface area (Å²) in [5.74, 6) is 0.793. The van der Waals surface area contributed by atoms with Gasteiger partial charge in [-0.3, -0.25) is 9.52 Å². The number of nitrogens with one attached hydrogen (secondary N) is 2. The van der Waals surface area contributed by atoms with Gasteiger partial charge in [0.2, 0.25) is 17.6 Å². The Balaban J connectivity index is 1.35. The summed E-state index contributed by atoms with van der Waals surface area (Å²) in [4.78, 5) is 17.8. The Morgan fingerprint density at radius 3 is 2.68 bits per heavy atom. The number of aromatic nitrogens is 2. The first kappa shape index (κ1) is 23.7. The number of aryl methyl sites for hydroxylation is 3. The molecule has 0 spiro atoms. The largest absolute Gasteiger partial charge is 0.339 e. The molecule has 4 aromatic rings. The van der Waals surface area contributed by atoms with Crippen LogP contribution in [0.5, 0.6) is 0 Å². The number of hydrogen-bond acceptors (Lipinski definition) is 7. The van der Waals surface area contributed by atoms with Gasteiger partial charge in [0.15, 0.2) is 0 Å². The molecule has 0 saturated heterocycles. The van der Waals surface area contributed by atoms with Gasteiger partial charge in [-0.1, -0.05) is 29.4 Å². The Morgan fingerprint density at radius 2 is 1.91 bits per heavy atom. The van der Waals surface area contributed by atoms with Crippen LogP contribution in [0, 0.1) is 13.8 Å². The van der Waals surface area contributed by atoms with Gasteiger partial charge in [0.1, 0.15) is 0 Å². The lowest BCUT2D eigenvalue weighted by Gasteiger charge is -2.13. The van der Waals surface area contributed by atoms with Gasteiger partial charge in [-0.05, 0) is 67.1 Å². The van der Waals surface area contributed by atoms with Crippen LogP contribution in [0.15, 0.2) is 69.4 Å². The molecule has 0 aliphatic rings. The predicted octanol–water partition coefficient (Wildman–Crippen LogP) is 5.18. The van der Waals surface area contributed by atoms with E-state index in [4.69, 9.17) is 4.52 Å². The summed E-state index contributed by atoms with van der Waals surface area (Å²) < 4.78 is 33.7. The maximum Gasteiger partial charge on any atom is 0.262 e. The predicted molar refractivity (Wildman–Crippen MR) is 132 cm³/mol. The minimum absolute atomic E-state index is 0.110. The second kappa shape index (κ2) is 10.2. The summed E-state index contributed by atoms with van der Waals surface area (Å²) in [7, 11) is -3.82. The summed E-state index contributed by atoms with van der Waals surface area (Å²) in [6, 6.07) is 15.8. The van der Waals surface area contributed by atoms with Gasteiger partial charge in [0, 0.05) is 24.2 Å². The molecule has 2 aromatic carbocycles. The van der Waals surface area contributed by atoms with Crippen molar-refractivity contribution < 1.29 is 17.7 Å². The van der Waals surface area contributed by atoms with Crippen LogP contribution in [0.2, 0.25) is 0 Å². The normalized spacial score (nSPS) is 11.4. The van der Waals surface area contributed by atoms with E-state index in [-0.39, 0.29) is 17.2 Å². The van der Waals surface area contributed by atoms with Gasteiger partial charge in [-0.25, -0.2) is 8.42 Å². The highest BCUT2D eigenvalue weighted by Crippen LogP contribution is 2.24. The van der Waals surface area contributed by atoms with Gasteiger partial charge in [-0.2, -0.15) is 4.98 Å². The van der Waals surface area contributed by atoms with E-state index in [1.54, 1.807) is 37.3 Å². The molecular formula is C24H24N4O4S2. The van der Waals surface area contributed by atoms with Crippen LogP contribution in [0.1, 0.15) is 29.9 Å². The van der Waals surface area contributed by atoms with Crippen LogP contribution in [0.25, 0.3) is 10.7 Å². The van der Waals surface area contributed by atoms with Crippen LogP contribution in [-0.2, 0) is 21.2 Å². The molecule has 0 aliphatic carbocycles. The van der Waals surface area contributed by atoms with E-state index in [1.807, 2.05) is 30.5 Å². The Labute approximate surface area is 202 Å². The lowest BCUT2D eigenvalue weighted by Crippen LogP contribution is -2.16. The van der Waals surface area contributed by atoms with Gasteiger partial charge in [-0.15, -0.1) is 11.3 Å². The van der Waals surface area contributed by atoms with E-state index >= 15 is 0 Å². The highest BCUT2D eigenvalue weighted by Gasteiger charge is 2.18. The number of amides is 1. The second-order valence-corrected chi connectivity index (χ2v) is 10.4. The maximum absolute atomic E-state index is 12.9. The molecule has 4 rings (SSSR count). The SMILES string of the molecule is Cc1cccc(NS(=O)(=O)c2cc(NC(=O)CCCc3nc(-c4cccs4)no3)ccc2C)c1. The zero-order chi connectivity index (χ0) is 24.1. The average Bonchev–Trinajstić information content (AvgIpc) is 3.47. The fourth-order valence-corrected chi connectivity index (χ4v) is 5.34. The van der Waals surface area contributed by atoms with Crippen molar-refractivity contribution in [3.05, 3.63) is 77.0 Å². The van der Waals surface area contributed by atoms with Crippen molar-refractivity contribution in [3.8, 4) is 10.7 Å². The minimum atomic E-state index is -3.82. The van der Waals surface area contributed by atoms with Crippen molar-refractivity contribution in [2.24, 2.45) is 0 Å². The zero-order valence-corrected chi connectivity index (χ0v) is 20.4. The molecule has 0 aliphatic heterocycles. The number of hydrogen-bond donors (Lipinski definition) is 2. The van der Waals surface area contributed by atoms with E-state index < -0.39 is 10.0 Å². The zero-order valence-electron chi connectivity index (χ0n) is 18.7. The monoisotopic (exact) mass is 496 g/mol. The fourth-order valence-electron chi connectivity index (χ4n) is 3.37. The molecule has 0 radical (unpaired) electrons. The van der Waals surface area contributed by atoms with E-state index in [0.717, 1.165) is 10.4 Å². The van der Waals surface area contributed by atoms with Crippen LogP contribution < -0.4 is 10.0 Å². The molecule has 0 saturated carbocycles. The Morgan fingerprint density at radius 1 is 1.06 bits per heavy atom. The number of anilines is 2. The third kappa shape index (κ3) is 5.89. The summed E-state index contributed by atoms with van der Waals surface area (Å²) in [6.07, 6.45) is 1.22. The lowest BCUT2D eigenvalue weighted by atomic mass is 10.2. The molecule has 2 heterocycles. The fraction of sp³-hybridized carbons (Fsp3) is 0.208. The average molecular weight is 497 g/mol. The number of benzene rings is 2. The number of rotatable bonds is 9. The molecule has 2 N–H and O–H groups in total. The van der Waals surface area contributed by atoms with Crippen molar-refractivity contribution in [3.63, 3.8) is 0 Å². The number of carbonyl (C=O) groups is 1. The molecule has 0 unspecified atom stereocenters. The summed E-state index contributed by atoms with van der Waals surface area (Å²) in [6.45, 7) is 3.60. The molecule has 34 heavy (non-hydrogen) atoms. The van der Waals surface area contributed by atoms with Crippen LogP contribution >= 0.6 is 11.3 Å². The van der Waals surface area contributed by atoms with Crippen molar-refractivity contribution in [1.82, 2.24) is 10.1 Å². The van der Waals surface area contributed by atoms with E-state index in [9.17, 15) is 13.2 Å². The van der Waals surface area contributed by atoms with Crippen LogP contribution in [0.4, 0.5) is 11.4 Å². The Kier molecular flexibility index (Phi) is 7.09. The van der Waals surface area contributed by atoms with Crippen molar-refractivity contribution >= 4 is 38.6 Å². The van der Waals surface area contributed by atoms with Gasteiger partial charge < -0.3 is 9.84 Å². The summed E-state index contributed by atoms with van der Waals surface area (Å²) in [5.41, 5.74) is 2.42. The van der Waals surface area contributed by atoms with E-state index in [1.165, 1.54) is 17.4 Å². The van der Waals surface area contributed by atoms with E-state index in [2.05, 4.69) is 20.2 Å². The topological polar surface area (TPSA) is 114 Å². The molecular weight excluding hydrogens is 472 g/mol. The van der Waals surface area contributed by atoms with Crippen molar-refractivity contribution in [1.29, 1.82) is 0 Å².